The van der Waals surface area contributed by atoms with Crippen molar-refractivity contribution in [2.45, 2.75) is 82.2 Å². The third-order valence-corrected chi connectivity index (χ3v) is 8.05. The van der Waals surface area contributed by atoms with E-state index >= 15 is 0 Å². The zero-order valence-electron chi connectivity index (χ0n) is 21.2. The van der Waals surface area contributed by atoms with E-state index in [4.69, 9.17) is 4.74 Å². The fourth-order valence-electron chi connectivity index (χ4n) is 5.92. The molecule has 1 saturated heterocycles. The molecule has 2 fully saturated rings. The number of cyclic esters (lactones) is 1. The molecule has 0 spiro atoms. The third kappa shape index (κ3) is 6.75. The Hall–Kier alpha value is -2.67. The van der Waals surface area contributed by atoms with Gasteiger partial charge in [0, 0.05) is 13.0 Å². The lowest BCUT2D eigenvalue weighted by atomic mass is 9.93. The highest BCUT2D eigenvalue weighted by molar-refractivity contribution is 5.86. The van der Waals surface area contributed by atoms with Crippen molar-refractivity contribution in [1.29, 1.82) is 0 Å². The van der Waals surface area contributed by atoms with Crippen LogP contribution in [0.2, 0.25) is 0 Å². The highest BCUT2D eigenvalue weighted by Crippen LogP contribution is 2.30. The number of allylic oxidation sites excluding steroid dienone is 2. The van der Waals surface area contributed by atoms with E-state index in [9.17, 15) is 19.5 Å². The molecule has 36 heavy (non-hydrogen) atoms. The predicted octanol–water partition coefficient (Wildman–Crippen LogP) is 3.55. The van der Waals surface area contributed by atoms with Gasteiger partial charge in [0.1, 0.15) is 6.61 Å². The molecule has 3 atom stereocenters. The Morgan fingerprint density at radius 2 is 1.83 bits per heavy atom. The number of hydrogen-bond acceptors (Lipinski definition) is 5. The van der Waals surface area contributed by atoms with Gasteiger partial charge < -0.3 is 20.1 Å². The molecule has 1 saturated carbocycles. The third-order valence-electron chi connectivity index (χ3n) is 8.05. The van der Waals surface area contributed by atoms with Gasteiger partial charge in [0.2, 0.25) is 11.8 Å². The molecule has 2 amide bonds. The van der Waals surface area contributed by atoms with Gasteiger partial charge in [-0.2, -0.15) is 0 Å². The minimum atomic E-state index is -0.544. The second-order valence-corrected chi connectivity index (χ2v) is 10.7. The molecule has 1 aromatic rings. The molecule has 3 aliphatic rings. The Morgan fingerprint density at radius 3 is 2.58 bits per heavy atom. The number of fused-ring (bicyclic) bond motifs is 1. The van der Waals surface area contributed by atoms with Crippen molar-refractivity contribution in [3.8, 4) is 0 Å². The Bertz CT molecular complexity index is 925. The van der Waals surface area contributed by atoms with E-state index in [1.54, 1.807) is 0 Å². The van der Waals surface area contributed by atoms with Gasteiger partial charge in [0.05, 0.1) is 30.0 Å². The highest BCUT2D eigenvalue weighted by atomic mass is 16.5. The van der Waals surface area contributed by atoms with Gasteiger partial charge in [-0.05, 0) is 56.9 Å². The average Bonchev–Trinajstić information content (AvgIpc) is 3.55. The fourth-order valence-corrected chi connectivity index (χ4v) is 5.92. The number of hydrogen-bond donors (Lipinski definition) is 2. The standard InChI is InChI=1S/C29H40N2O5/c32-21-29(15-7-8-16-29)30-26(33)19-23-12-5-2-6-13-24(18-22-10-3-1-4-11-22)28(35)36-20-25-14-9-17-31(25)27(23)34/h1-5,10-11,23-25,32H,6-9,12-21H2,(H,30,33). The van der Waals surface area contributed by atoms with Crippen LogP contribution in [0.15, 0.2) is 42.5 Å². The Kier molecular flexibility index (Phi) is 9.19. The number of aliphatic hydroxyl groups excluding tert-OH is 1. The van der Waals surface area contributed by atoms with E-state index in [-0.39, 0.29) is 49.4 Å². The monoisotopic (exact) mass is 496 g/mol. The minimum absolute atomic E-state index is 0.0436. The summed E-state index contributed by atoms with van der Waals surface area (Å²) in [7, 11) is 0. The quantitative estimate of drug-likeness (QED) is 0.464. The lowest BCUT2D eigenvalue weighted by molar-refractivity contribution is -0.152. The second-order valence-electron chi connectivity index (χ2n) is 10.7. The minimum Gasteiger partial charge on any atom is -0.463 e. The number of aliphatic hydroxyl groups is 1. The Morgan fingerprint density at radius 1 is 1.06 bits per heavy atom. The first-order chi connectivity index (χ1) is 17.5. The van der Waals surface area contributed by atoms with Crippen LogP contribution in [-0.2, 0) is 25.5 Å². The number of benzene rings is 1. The van der Waals surface area contributed by atoms with Crippen molar-refractivity contribution in [2.75, 3.05) is 19.8 Å². The van der Waals surface area contributed by atoms with Crippen LogP contribution in [0.25, 0.3) is 0 Å². The summed E-state index contributed by atoms with van der Waals surface area (Å²) in [6.07, 6.45) is 11.8. The van der Waals surface area contributed by atoms with E-state index in [1.165, 1.54) is 0 Å². The van der Waals surface area contributed by atoms with Gasteiger partial charge in [-0.1, -0.05) is 55.3 Å². The van der Waals surface area contributed by atoms with Crippen molar-refractivity contribution >= 4 is 17.8 Å². The predicted molar refractivity (Wildman–Crippen MR) is 137 cm³/mol. The van der Waals surface area contributed by atoms with Gasteiger partial charge in [0.15, 0.2) is 0 Å². The van der Waals surface area contributed by atoms with E-state index < -0.39 is 11.5 Å². The number of rotatable bonds is 6. The zero-order valence-corrected chi connectivity index (χ0v) is 21.2. The second kappa shape index (κ2) is 12.5. The van der Waals surface area contributed by atoms with Crippen LogP contribution in [0.4, 0.5) is 0 Å². The first kappa shape index (κ1) is 26.4. The molecule has 2 heterocycles. The largest absolute Gasteiger partial charge is 0.463 e. The smallest absolute Gasteiger partial charge is 0.309 e. The summed E-state index contributed by atoms with van der Waals surface area (Å²) < 4.78 is 5.77. The van der Waals surface area contributed by atoms with Crippen LogP contribution in [0.3, 0.4) is 0 Å². The lowest BCUT2D eigenvalue weighted by Crippen LogP contribution is -2.50. The van der Waals surface area contributed by atoms with Gasteiger partial charge in [-0.25, -0.2) is 0 Å². The number of carbonyl (C=O) groups excluding carboxylic acids is 3. The van der Waals surface area contributed by atoms with Crippen molar-refractivity contribution in [3.63, 3.8) is 0 Å². The number of esters is 1. The molecule has 7 heteroatoms. The maximum Gasteiger partial charge on any atom is 0.309 e. The maximum absolute atomic E-state index is 13.6. The molecule has 0 radical (unpaired) electrons. The molecule has 0 aromatic heterocycles. The number of amides is 2. The molecular formula is C29H40N2O5. The topological polar surface area (TPSA) is 95.9 Å². The number of carbonyl (C=O) groups is 3. The molecule has 2 aliphatic heterocycles. The molecule has 7 nitrogen and oxygen atoms in total. The van der Waals surface area contributed by atoms with Crippen LogP contribution < -0.4 is 5.32 Å². The van der Waals surface area contributed by atoms with Gasteiger partial charge in [0.25, 0.3) is 0 Å². The van der Waals surface area contributed by atoms with E-state index in [0.717, 1.165) is 44.1 Å². The molecule has 1 aliphatic carbocycles. The van der Waals surface area contributed by atoms with Crippen LogP contribution in [-0.4, -0.2) is 59.1 Å². The zero-order chi connectivity index (χ0) is 25.4. The summed E-state index contributed by atoms with van der Waals surface area (Å²) in [6, 6.07) is 9.84. The van der Waals surface area contributed by atoms with Crippen molar-refractivity contribution < 1.29 is 24.2 Å². The number of nitrogens with one attached hydrogen (secondary N) is 1. The van der Waals surface area contributed by atoms with E-state index in [2.05, 4.69) is 5.32 Å². The molecule has 2 N–H and O–H groups in total. The van der Waals surface area contributed by atoms with Crippen LogP contribution >= 0.6 is 0 Å². The molecule has 196 valence electrons. The normalized spacial score (nSPS) is 26.9. The van der Waals surface area contributed by atoms with Crippen LogP contribution in [0.1, 0.15) is 69.8 Å². The summed E-state index contributed by atoms with van der Waals surface area (Å²) in [4.78, 5) is 41.4. The van der Waals surface area contributed by atoms with Gasteiger partial charge in [-0.3, -0.25) is 14.4 Å². The number of ether oxygens (including phenoxy) is 1. The summed E-state index contributed by atoms with van der Waals surface area (Å²) in [5.41, 5.74) is 0.566. The maximum atomic E-state index is 13.6. The highest BCUT2D eigenvalue weighted by Gasteiger charge is 2.38. The van der Waals surface area contributed by atoms with Crippen molar-refractivity contribution in [3.05, 3.63) is 48.0 Å². The summed E-state index contributed by atoms with van der Waals surface area (Å²) >= 11 is 0. The summed E-state index contributed by atoms with van der Waals surface area (Å²) in [6.45, 7) is 0.758. The molecule has 4 rings (SSSR count). The van der Waals surface area contributed by atoms with Crippen LogP contribution in [0, 0.1) is 11.8 Å². The fraction of sp³-hybridized carbons (Fsp3) is 0.621. The summed E-state index contributed by atoms with van der Waals surface area (Å²) in [5.74, 6) is -1.11. The van der Waals surface area contributed by atoms with Crippen molar-refractivity contribution in [2.24, 2.45) is 11.8 Å². The Labute approximate surface area is 214 Å². The SMILES string of the molecule is O=C(CC1CC=CCCC(Cc2ccccc2)C(=O)OCC2CCCN2C1=O)NC1(CO)CCCC1. The lowest BCUT2D eigenvalue weighted by Gasteiger charge is -2.31. The van der Waals surface area contributed by atoms with Crippen molar-refractivity contribution in [1.82, 2.24) is 10.2 Å². The average molecular weight is 497 g/mol. The van der Waals surface area contributed by atoms with Gasteiger partial charge >= 0.3 is 5.97 Å². The molecule has 0 bridgehead atoms. The molecule has 1 aromatic carbocycles. The van der Waals surface area contributed by atoms with E-state index in [0.29, 0.717) is 32.2 Å². The van der Waals surface area contributed by atoms with Crippen LogP contribution in [0.5, 0.6) is 0 Å². The Balaban J connectivity index is 1.45. The summed E-state index contributed by atoms with van der Waals surface area (Å²) in [5, 5.41) is 12.9. The first-order valence-electron chi connectivity index (χ1n) is 13.6. The van der Waals surface area contributed by atoms with E-state index in [1.807, 2.05) is 47.4 Å². The molecular weight excluding hydrogens is 456 g/mol. The van der Waals surface area contributed by atoms with Gasteiger partial charge in [-0.15, -0.1) is 0 Å². The number of nitrogens with zero attached hydrogens (tertiary/aromatic N) is 1. The molecule has 3 unspecified atom stereocenters. The first-order valence-corrected chi connectivity index (χ1v) is 13.6.